The van der Waals surface area contributed by atoms with Crippen LogP contribution in [0.25, 0.3) is 21.3 Å². The van der Waals surface area contributed by atoms with Crippen molar-refractivity contribution in [1.82, 2.24) is 4.98 Å². The Kier molecular flexibility index (Phi) is 5.85. The first-order chi connectivity index (χ1) is 16.6. The van der Waals surface area contributed by atoms with Gasteiger partial charge in [0.15, 0.2) is 5.78 Å². The number of thiophene rings is 1. The lowest BCUT2D eigenvalue weighted by Crippen LogP contribution is -2.27. The highest BCUT2D eigenvalue weighted by Gasteiger charge is 2.32. The molecule has 0 amide bonds. The summed E-state index contributed by atoms with van der Waals surface area (Å²) in [6.07, 6.45) is -4.18. The SMILES string of the molecule is COc1cc2[nH]c3c(c(=O)c2cc1Cl)C(=O)CC(c1ccc(-c2cccc(OC(F)(F)F)c2)s1)C3. The van der Waals surface area contributed by atoms with E-state index in [1.54, 1.807) is 12.1 Å². The first kappa shape index (κ1) is 23.4. The molecule has 2 heterocycles. The summed E-state index contributed by atoms with van der Waals surface area (Å²) in [5.74, 6) is -0.327. The molecule has 10 heteroatoms. The number of ether oxygens (including phenoxy) is 2. The molecule has 2 aromatic heterocycles. The summed E-state index contributed by atoms with van der Waals surface area (Å²) in [6.45, 7) is 0. The number of aromatic amines is 1. The highest BCUT2D eigenvalue weighted by molar-refractivity contribution is 7.15. The molecule has 0 spiro atoms. The van der Waals surface area contributed by atoms with Gasteiger partial charge in [0.1, 0.15) is 11.5 Å². The van der Waals surface area contributed by atoms with Gasteiger partial charge in [-0.05, 0) is 42.3 Å². The number of methoxy groups -OCH3 is 1. The number of fused-ring (bicyclic) bond motifs is 2. The molecule has 2 aromatic carbocycles. The zero-order valence-corrected chi connectivity index (χ0v) is 19.7. The molecule has 5 nitrogen and oxygen atoms in total. The maximum atomic E-state index is 13.1. The van der Waals surface area contributed by atoms with E-state index in [9.17, 15) is 22.8 Å². The number of H-pyrrole nitrogens is 1. The van der Waals surface area contributed by atoms with E-state index in [1.165, 1.54) is 42.7 Å². The van der Waals surface area contributed by atoms with Gasteiger partial charge >= 0.3 is 6.36 Å². The van der Waals surface area contributed by atoms with Gasteiger partial charge in [-0.3, -0.25) is 9.59 Å². The van der Waals surface area contributed by atoms with E-state index in [2.05, 4.69) is 9.72 Å². The molecule has 1 atom stereocenters. The van der Waals surface area contributed by atoms with Gasteiger partial charge in [-0.15, -0.1) is 24.5 Å². The van der Waals surface area contributed by atoms with Gasteiger partial charge in [-0.2, -0.15) is 0 Å². The van der Waals surface area contributed by atoms with E-state index in [0.29, 0.717) is 34.3 Å². The van der Waals surface area contributed by atoms with Crippen LogP contribution in [-0.2, 0) is 6.42 Å². The summed E-state index contributed by atoms with van der Waals surface area (Å²) >= 11 is 7.56. The molecule has 1 unspecified atom stereocenters. The van der Waals surface area contributed by atoms with E-state index in [4.69, 9.17) is 16.3 Å². The summed E-state index contributed by atoms with van der Waals surface area (Å²) in [5, 5.41) is 0.600. The Bertz CT molecular complexity index is 1530. The number of nitrogens with one attached hydrogen (secondary N) is 1. The fourth-order valence-electron chi connectivity index (χ4n) is 4.37. The predicted octanol–water partition coefficient (Wildman–Crippen LogP) is 6.73. The minimum atomic E-state index is -4.77. The van der Waals surface area contributed by atoms with Crippen LogP contribution in [0.3, 0.4) is 0 Å². The van der Waals surface area contributed by atoms with E-state index in [0.717, 1.165) is 9.75 Å². The van der Waals surface area contributed by atoms with E-state index in [1.807, 2.05) is 12.1 Å². The van der Waals surface area contributed by atoms with Crippen LogP contribution in [0.2, 0.25) is 5.02 Å². The van der Waals surface area contributed by atoms with Gasteiger partial charge < -0.3 is 14.5 Å². The van der Waals surface area contributed by atoms with Crippen molar-refractivity contribution in [2.75, 3.05) is 7.11 Å². The van der Waals surface area contributed by atoms with Crippen LogP contribution < -0.4 is 14.9 Å². The van der Waals surface area contributed by atoms with E-state index in [-0.39, 0.29) is 39.9 Å². The first-order valence-electron chi connectivity index (χ1n) is 10.5. The van der Waals surface area contributed by atoms with Crippen LogP contribution in [0.15, 0.2) is 53.3 Å². The molecule has 35 heavy (non-hydrogen) atoms. The number of carbonyl (C=O) groups excluding carboxylic acids is 1. The minimum Gasteiger partial charge on any atom is -0.495 e. The Labute approximate surface area is 206 Å². The first-order valence-corrected chi connectivity index (χ1v) is 11.7. The van der Waals surface area contributed by atoms with E-state index < -0.39 is 6.36 Å². The number of ketones is 1. The van der Waals surface area contributed by atoms with Gasteiger partial charge in [-0.1, -0.05) is 23.7 Å². The lowest BCUT2D eigenvalue weighted by molar-refractivity contribution is -0.274. The maximum Gasteiger partial charge on any atom is 0.573 e. The highest BCUT2D eigenvalue weighted by Crippen LogP contribution is 2.39. The molecule has 4 aromatic rings. The number of halogens is 4. The van der Waals surface area contributed by atoms with Crippen molar-refractivity contribution in [2.45, 2.75) is 25.1 Å². The average Bonchev–Trinajstić information content (AvgIpc) is 3.28. The van der Waals surface area contributed by atoms with Crippen molar-refractivity contribution >= 4 is 39.6 Å². The normalized spacial score (nSPS) is 15.8. The third-order valence-electron chi connectivity index (χ3n) is 5.89. The second kappa shape index (κ2) is 8.73. The molecular formula is C25H17ClF3NO4S. The van der Waals surface area contributed by atoms with Crippen molar-refractivity contribution in [1.29, 1.82) is 0 Å². The molecule has 180 valence electrons. The van der Waals surface area contributed by atoms with Crippen molar-refractivity contribution in [3.8, 4) is 21.9 Å². The Balaban J connectivity index is 1.47. The van der Waals surface area contributed by atoms with Crippen molar-refractivity contribution in [2.24, 2.45) is 0 Å². The molecule has 0 fully saturated rings. The summed E-state index contributed by atoms with van der Waals surface area (Å²) < 4.78 is 47.0. The average molecular weight is 520 g/mol. The molecule has 1 aliphatic rings. The number of benzene rings is 2. The largest absolute Gasteiger partial charge is 0.573 e. The fourth-order valence-corrected chi connectivity index (χ4v) is 5.71. The lowest BCUT2D eigenvalue weighted by atomic mass is 9.84. The zero-order chi connectivity index (χ0) is 24.9. The Morgan fingerprint density at radius 2 is 1.89 bits per heavy atom. The molecule has 0 radical (unpaired) electrons. The van der Waals surface area contributed by atoms with Crippen LogP contribution in [0.1, 0.15) is 33.3 Å². The van der Waals surface area contributed by atoms with Crippen LogP contribution >= 0.6 is 22.9 Å². The number of alkyl halides is 3. The summed E-state index contributed by atoms with van der Waals surface area (Å²) in [6, 6.07) is 12.6. The van der Waals surface area contributed by atoms with Gasteiger partial charge in [0, 0.05) is 39.2 Å². The molecular weight excluding hydrogens is 503 g/mol. The highest BCUT2D eigenvalue weighted by atomic mass is 35.5. The van der Waals surface area contributed by atoms with Crippen LogP contribution in [-0.4, -0.2) is 24.2 Å². The fraction of sp³-hybridized carbons (Fsp3) is 0.200. The molecule has 1 aliphatic carbocycles. The quantitative estimate of drug-likeness (QED) is 0.324. The number of aromatic nitrogens is 1. The van der Waals surface area contributed by atoms with Crippen LogP contribution in [0.5, 0.6) is 11.5 Å². The molecule has 1 N–H and O–H groups in total. The zero-order valence-electron chi connectivity index (χ0n) is 18.2. The molecule has 0 aliphatic heterocycles. The number of carbonyl (C=O) groups is 1. The van der Waals surface area contributed by atoms with E-state index >= 15 is 0 Å². The summed E-state index contributed by atoms with van der Waals surface area (Å²) in [5.41, 5.74) is 1.42. The van der Waals surface area contributed by atoms with Crippen LogP contribution in [0, 0.1) is 0 Å². The monoisotopic (exact) mass is 519 g/mol. The van der Waals surface area contributed by atoms with Crippen molar-refractivity contribution in [3.05, 3.63) is 79.9 Å². The number of Topliss-reactive ketones (excluding diaryl/α,β-unsaturated/α-hetero) is 1. The lowest BCUT2D eigenvalue weighted by Gasteiger charge is -2.23. The topological polar surface area (TPSA) is 68.4 Å². The third-order valence-corrected chi connectivity index (χ3v) is 7.49. The second-order valence-electron chi connectivity index (χ2n) is 8.15. The maximum absolute atomic E-state index is 13.1. The smallest absolute Gasteiger partial charge is 0.495 e. The molecule has 0 saturated carbocycles. The third kappa shape index (κ3) is 4.53. The molecule has 0 bridgehead atoms. The Morgan fingerprint density at radius 3 is 2.63 bits per heavy atom. The van der Waals surface area contributed by atoms with Gasteiger partial charge in [0.2, 0.25) is 5.43 Å². The number of pyridine rings is 1. The molecule has 5 rings (SSSR count). The van der Waals surface area contributed by atoms with Gasteiger partial charge in [0.05, 0.1) is 23.2 Å². The summed E-state index contributed by atoms with van der Waals surface area (Å²) in [7, 11) is 1.47. The second-order valence-corrected chi connectivity index (χ2v) is 9.67. The van der Waals surface area contributed by atoms with Gasteiger partial charge in [-0.25, -0.2) is 0 Å². The van der Waals surface area contributed by atoms with Gasteiger partial charge in [0.25, 0.3) is 0 Å². The number of hydrogen-bond acceptors (Lipinski definition) is 5. The summed E-state index contributed by atoms with van der Waals surface area (Å²) in [4.78, 5) is 30.9. The minimum absolute atomic E-state index is 0.142. The molecule has 0 saturated heterocycles. The Hall–Kier alpha value is -3.30. The van der Waals surface area contributed by atoms with Crippen LogP contribution in [0.4, 0.5) is 13.2 Å². The van der Waals surface area contributed by atoms with Crippen molar-refractivity contribution in [3.63, 3.8) is 0 Å². The number of rotatable bonds is 4. The van der Waals surface area contributed by atoms with Crippen molar-refractivity contribution < 1.29 is 27.4 Å². The Morgan fingerprint density at radius 1 is 1.09 bits per heavy atom. The standard InChI is InChI=1S/C25H17ClF3NO4S/c1-33-20-11-17-15(10-16(20)26)24(32)23-18(30-17)8-13(9-19(23)31)22-6-5-21(35-22)12-3-2-4-14(7-12)34-25(27,28)29/h2-7,10-11,13H,8-9H2,1H3,(H,30,32). The number of hydrogen-bond donors (Lipinski definition) is 1. The predicted molar refractivity (Wildman–Crippen MR) is 128 cm³/mol.